The van der Waals surface area contributed by atoms with Gasteiger partial charge in [0, 0.05) is 42.9 Å². The number of aliphatic carboxylic acids is 1. The van der Waals surface area contributed by atoms with Gasteiger partial charge in [-0.25, -0.2) is 0 Å². The highest BCUT2D eigenvalue weighted by Crippen LogP contribution is 2.30. The van der Waals surface area contributed by atoms with Crippen molar-refractivity contribution < 1.29 is 19.5 Å². The Labute approximate surface area is 157 Å². The van der Waals surface area contributed by atoms with Crippen LogP contribution in [0.4, 0.5) is 0 Å². The Morgan fingerprint density at radius 2 is 2.00 bits per heavy atom. The normalized spacial score (nSPS) is 19.0. The molecule has 1 saturated heterocycles. The predicted molar refractivity (Wildman–Crippen MR) is 99.8 cm³/mol. The highest BCUT2D eigenvalue weighted by Gasteiger charge is 2.37. The van der Waals surface area contributed by atoms with Crippen molar-refractivity contribution in [3.8, 4) is 0 Å². The zero-order valence-electron chi connectivity index (χ0n) is 15.0. The third-order valence-electron chi connectivity index (χ3n) is 5.02. The molecule has 3 N–H and O–H groups in total. The van der Waals surface area contributed by atoms with Crippen molar-refractivity contribution in [2.24, 2.45) is 0 Å². The lowest BCUT2D eigenvalue weighted by Crippen LogP contribution is -2.43. The summed E-state index contributed by atoms with van der Waals surface area (Å²) >= 11 is 0. The summed E-state index contributed by atoms with van der Waals surface area (Å²) in [6, 6.07) is 9.78. The van der Waals surface area contributed by atoms with Crippen molar-refractivity contribution in [2.75, 3.05) is 0 Å². The molecule has 0 saturated carbocycles. The van der Waals surface area contributed by atoms with Gasteiger partial charge in [0.1, 0.15) is 0 Å². The number of hydrogen-bond acceptors (Lipinski definition) is 4. The molecule has 0 radical (unpaired) electrons. The molecule has 1 aliphatic rings. The standard InChI is InChI=1S/C20H23N3O4/c24-17(5-8-20(10-7-19(26)27)9-6-18(25)23-20)22-13-14-11-15-3-1-2-4-16(15)21-12-14/h1-4,11-12H,5-10,13H2,(H,22,24)(H,23,25)(H,26,27)/t20-/m1/s1. The molecule has 1 fully saturated rings. The molecule has 1 aromatic carbocycles. The molecule has 3 rings (SSSR count). The molecule has 7 heteroatoms. The van der Waals surface area contributed by atoms with Crippen molar-refractivity contribution in [3.05, 3.63) is 42.1 Å². The van der Waals surface area contributed by atoms with Gasteiger partial charge in [0.25, 0.3) is 0 Å². The van der Waals surface area contributed by atoms with E-state index in [0.29, 0.717) is 32.2 Å². The van der Waals surface area contributed by atoms with Crippen LogP contribution < -0.4 is 10.6 Å². The molecule has 0 unspecified atom stereocenters. The molecule has 1 atom stereocenters. The first-order valence-electron chi connectivity index (χ1n) is 9.09. The molecule has 2 amide bonds. The first-order valence-corrected chi connectivity index (χ1v) is 9.09. The number of aromatic nitrogens is 1. The Bertz CT molecular complexity index is 867. The summed E-state index contributed by atoms with van der Waals surface area (Å²) in [4.78, 5) is 39.1. The van der Waals surface area contributed by atoms with Crippen molar-refractivity contribution in [1.82, 2.24) is 15.6 Å². The SMILES string of the molecule is O=C(O)CC[C@@]1(CCC(=O)NCc2cnc3ccccc3c2)CCC(=O)N1. The maximum absolute atomic E-state index is 12.2. The molecular weight excluding hydrogens is 346 g/mol. The summed E-state index contributed by atoms with van der Waals surface area (Å²) in [5, 5.41) is 15.7. The van der Waals surface area contributed by atoms with E-state index in [1.807, 2.05) is 30.3 Å². The third-order valence-corrected chi connectivity index (χ3v) is 5.02. The molecular formula is C20H23N3O4. The van der Waals surface area contributed by atoms with Gasteiger partial charge in [0.15, 0.2) is 0 Å². The second-order valence-corrected chi connectivity index (χ2v) is 7.04. The molecule has 1 aliphatic heterocycles. The number of para-hydroxylation sites is 1. The van der Waals surface area contributed by atoms with E-state index >= 15 is 0 Å². The Morgan fingerprint density at radius 1 is 1.22 bits per heavy atom. The fourth-order valence-electron chi connectivity index (χ4n) is 3.47. The van der Waals surface area contributed by atoms with Crippen LogP contribution in [0.25, 0.3) is 10.9 Å². The van der Waals surface area contributed by atoms with Gasteiger partial charge in [-0.3, -0.25) is 19.4 Å². The minimum absolute atomic E-state index is 0.0232. The quantitative estimate of drug-likeness (QED) is 0.661. The van der Waals surface area contributed by atoms with Gasteiger partial charge in [-0.1, -0.05) is 18.2 Å². The molecule has 0 aliphatic carbocycles. The number of hydrogen-bond donors (Lipinski definition) is 3. The highest BCUT2D eigenvalue weighted by atomic mass is 16.4. The third kappa shape index (κ3) is 5.03. The van der Waals surface area contributed by atoms with Gasteiger partial charge < -0.3 is 15.7 Å². The molecule has 2 aromatic rings. The number of pyridine rings is 1. The van der Waals surface area contributed by atoms with Gasteiger partial charge in [-0.2, -0.15) is 0 Å². The summed E-state index contributed by atoms with van der Waals surface area (Å²) < 4.78 is 0. The van der Waals surface area contributed by atoms with Crippen molar-refractivity contribution in [3.63, 3.8) is 0 Å². The van der Waals surface area contributed by atoms with E-state index in [-0.39, 0.29) is 24.7 Å². The smallest absolute Gasteiger partial charge is 0.303 e. The van der Waals surface area contributed by atoms with Gasteiger partial charge in [-0.05, 0) is 37.0 Å². The van der Waals surface area contributed by atoms with Crippen LogP contribution >= 0.6 is 0 Å². The predicted octanol–water partition coefficient (Wildman–Crippen LogP) is 2.14. The Kier molecular flexibility index (Phi) is 5.69. The summed E-state index contributed by atoms with van der Waals surface area (Å²) in [5.41, 5.74) is 1.24. The van der Waals surface area contributed by atoms with Crippen molar-refractivity contribution in [2.45, 2.75) is 50.6 Å². The first kappa shape index (κ1) is 18.8. The second kappa shape index (κ2) is 8.16. The van der Waals surface area contributed by atoms with Crippen LogP contribution in [0.2, 0.25) is 0 Å². The van der Waals surface area contributed by atoms with Crippen LogP contribution in [0.3, 0.4) is 0 Å². The number of carboxylic acid groups (broad SMARTS) is 1. The highest BCUT2D eigenvalue weighted by molar-refractivity contribution is 5.81. The van der Waals surface area contributed by atoms with Gasteiger partial charge in [-0.15, -0.1) is 0 Å². The summed E-state index contributed by atoms with van der Waals surface area (Å²) in [6.45, 7) is 0.380. The Morgan fingerprint density at radius 3 is 2.74 bits per heavy atom. The number of nitrogens with zero attached hydrogens (tertiary/aromatic N) is 1. The second-order valence-electron chi connectivity index (χ2n) is 7.04. The summed E-state index contributed by atoms with van der Waals surface area (Å²) in [6.07, 6.45) is 3.69. The molecule has 0 spiro atoms. The number of carbonyl (C=O) groups is 3. The lowest BCUT2D eigenvalue weighted by Gasteiger charge is -2.28. The zero-order valence-corrected chi connectivity index (χ0v) is 15.0. The van der Waals surface area contributed by atoms with Crippen LogP contribution in [0.5, 0.6) is 0 Å². The van der Waals surface area contributed by atoms with Gasteiger partial charge >= 0.3 is 5.97 Å². The Hall–Kier alpha value is -2.96. The van der Waals surface area contributed by atoms with E-state index in [0.717, 1.165) is 16.5 Å². The molecule has 142 valence electrons. The van der Waals surface area contributed by atoms with Gasteiger partial charge in [0.05, 0.1) is 5.52 Å². The first-order chi connectivity index (χ1) is 13.0. The number of fused-ring (bicyclic) bond motifs is 1. The van der Waals surface area contributed by atoms with Crippen LogP contribution in [0.1, 0.15) is 44.1 Å². The number of nitrogens with one attached hydrogen (secondary N) is 2. The van der Waals surface area contributed by atoms with Crippen LogP contribution in [-0.2, 0) is 20.9 Å². The lowest BCUT2D eigenvalue weighted by atomic mass is 9.86. The average molecular weight is 369 g/mol. The van der Waals surface area contributed by atoms with E-state index < -0.39 is 11.5 Å². The average Bonchev–Trinajstić information content (AvgIpc) is 3.04. The Balaban J connectivity index is 1.53. The van der Waals surface area contributed by atoms with E-state index in [4.69, 9.17) is 5.11 Å². The van der Waals surface area contributed by atoms with Crippen molar-refractivity contribution in [1.29, 1.82) is 0 Å². The number of amides is 2. The summed E-state index contributed by atoms with van der Waals surface area (Å²) in [7, 11) is 0. The minimum Gasteiger partial charge on any atom is -0.481 e. The maximum Gasteiger partial charge on any atom is 0.303 e. The topological polar surface area (TPSA) is 108 Å². The van der Waals surface area contributed by atoms with Crippen LogP contribution in [0.15, 0.2) is 36.5 Å². The van der Waals surface area contributed by atoms with Gasteiger partial charge in [0.2, 0.25) is 11.8 Å². The largest absolute Gasteiger partial charge is 0.481 e. The number of rotatable bonds is 8. The van der Waals surface area contributed by atoms with E-state index in [1.54, 1.807) is 6.20 Å². The lowest BCUT2D eigenvalue weighted by molar-refractivity contribution is -0.137. The van der Waals surface area contributed by atoms with Crippen molar-refractivity contribution >= 4 is 28.7 Å². The number of carboxylic acids is 1. The molecule has 2 heterocycles. The summed E-state index contributed by atoms with van der Waals surface area (Å²) in [5.74, 6) is -1.11. The zero-order chi connectivity index (χ0) is 19.3. The van der Waals surface area contributed by atoms with Crippen LogP contribution in [-0.4, -0.2) is 33.4 Å². The maximum atomic E-state index is 12.2. The minimum atomic E-state index is -0.899. The van der Waals surface area contributed by atoms with Crippen LogP contribution in [0, 0.1) is 0 Å². The number of benzene rings is 1. The molecule has 0 bridgehead atoms. The number of carbonyl (C=O) groups excluding carboxylic acids is 2. The molecule has 1 aromatic heterocycles. The van der Waals surface area contributed by atoms with E-state index in [2.05, 4.69) is 15.6 Å². The fourth-order valence-corrected chi connectivity index (χ4v) is 3.47. The fraction of sp³-hybridized carbons (Fsp3) is 0.400. The van der Waals surface area contributed by atoms with E-state index in [9.17, 15) is 14.4 Å². The molecule has 27 heavy (non-hydrogen) atoms. The van der Waals surface area contributed by atoms with E-state index in [1.165, 1.54) is 0 Å². The monoisotopic (exact) mass is 369 g/mol. The molecule has 7 nitrogen and oxygen atoms in total.